The summed E-state index contributed by atoms with van der Waals surface area (Å²) in [4.78, 5) is 11.2. The van der Waals surface area contributed by atoms with Crippen molar-refractivity contribution >= 4 is 5.91 Å². The molecular formula is C14H17F3N2O2. The molecule has 1 heterocycles. The summed E-state index contributed by atoms with van der Waals surface area (Å²) < 4.78 is 45.2. The number of nitrogens with one attached hydrogen (secondary N) is 1. The molecular weight excluding hydrogens is 285 g/mol. The fraction of sp³-hybridized carbons (Fsp3) is 0.500. The predicted molar refractivity (Wildman–Crippen MR) is 70.6 cm³/mol. The van der Waals surface area contributed by atoms with E-state index in [0.717, 1.165) is 5.01 Å². The van der Waals surface area contributed by atoms with Crippen molar-refractivity contribution in [3.05, 3.63) is 29.8 Å². The molecule has 0 aromatic heterocycles. The molecule has 0 radical (unpaired) electrons. The summed E-state index contributed by atoms with van der Waals surface area (Å²) in [6, 6.07) is 4.89. The van der Waals surface area contributed by atoms with E-state index in [2.05, 4.69) is 5.43 Å². The summed E-state index contributed by atoms with van der Waals surface area (Å²) in [7, 11) is 0. The Kier molecular flexibility index (Phi) is 4.72. The Balaban J connectivity index is 2.21. The van der Waals surface area contributed by atoms with Gasteiger partial charge in [-0.15, -0.1) is 0 Å². The third-order valence-electron chi connectivity index (χ3n) is 3.29. The van der Waals surface area contributed by atoms with E-state index in [-0.39, 0.29) is 25.3 Å². The molecule has 116 valence electrons. The molecule has 1 aromatic rings. The van der Waals surface area contributed by atoms with E-state index in [4.69, 9.17) is 4.74 Å². The highest BCUT2D eigenvalue weighted by molar-refractivity contribution is 5.77. The fourth-order valence-electron chi connectivity index (χ4n) is 2.31. The van der Waals surface area contributed by atoms with E-state index in [1.165, 1.54) is 0 Å². The van der Waals surface area contributed by atoms with Gasteiger partial charge in [0.05, 0.1) is 6.61 Å². The zero-order chi connectivity index (χ0) is 15.5. The van der Waals surface area contributed by atoms with Gasteiger partial charge < -0.3 is 4.74 Å². The van der Waals surface area contributed by atoms with Crippen molar-refractivity contribution in [2.24, 2.45) is 0 Å². The van der Waals surface area contributed by atoms with Crippen LogP contribution >= 0.6 is 0 Å². The number of hydrazine groups is 1. The molecule has 0 saturated carbocycles. The standard InChI is InChI=1S/C14H17F3N2O2/c1-2-21-11-6-4-3-5-10(11)9-12(14(15,16)17)19-8-7-13(20)18-19/h3-6,12H,2,7-9H2,1H3,(H,18,20). The van der Waals surface area contributed by atoms with Crippen molar-refractivity contribution in [1.29, 1.82) is 0 Å². The lowest BCUT2D eigenvalue weighted by Gasteiger charge is -2.29. The van der Waals surface area contributed by atoms with E-state index in [1.807, 2.05) is 0 Å². The molecule has 1 aliphatic heterocycles. The number of ether oxygens (including phenoxy) is 1. The SMILES string of the molecule is CCOc1ccccc1CC(N1CCC(=O)N1)C(F)(F)F. The number of nitrogens with zero attached hydrogens (tertiary/aromatic N) is 1. The van der Waals surface area contributed by atoms with Crippen LogP contribution in [0.3, 0.4) is 0 Å². The lowest BCUT2D eigenvalue weighted by Crippen LogP contribution is -2.51. The van der Waals surface area contributed by atoms with Crippen LogP contribution in [0.2, 0.25) is 0 Å². The Morgan fingerprint density at radius 2 is 2.10 bits per heavy atom. The molecule has 0 bridgehead atoms. The summed E-state index contributed by atoms with van der Waals surface area (Å²) in [5.41, 5.74) is 2.74. The molecule has 1 unspecified atom stereocenters. The first-order valence-electron chi connectivity index (χ1n) is 6.75. The lowest BCUT2D eigenvalue weighted by atomic mass is 10.0. The first-order chi connectivity index (χ1) is 9.91. The van der Waals surface area contributed by atoms with Crippen LogP contribution in [0.15, 0.2) is 24.3 Å². The van der Waals surface area contributed by atoms with Crippen molar-refractivity contribution in [3.63, 3.8) is 0 Å². The summed E-state index contributed by atoms with van der Waals surface area (Å²) in [5, 5.41) is 0.963. The maximum absolute atomic E-state index is 13.3. The minimum Gasteiger partial charge on any atom is -0.494 e. The molecule has 1 atom stereocenters. The van der Waals surface area contributed by atoms with E-state index < -0.39 is 12.2 Å². The fourth-order valence-corrected chi connectivity index (χ4v) is 2.31. The number of halogens is 3. The van der Waals surface area contributed by atoms with Gasteiger partial charge in [-0.25, -0.2) is 5.01 Å². The second-order valence-electron chi connectivity index (χ2n) is 4.78. The molecule has 0 aliphatic carbocycles. The Bertz CT molecular complexity index is 505. The molecule has 1 fully saturated rings. The third-order valence-corrected chi connectivity index (χ3v) is 3.29. The average Bonchev–Trinajstić information content (AvgIpc) is 2.83. The highest BCUT2D eigenvalue weighted by Gasteiger charge is 2.46. The molecule has 1 saturated heterocycles. The molecule has 1 N–H and O–H groups in total. The summed E-state index contributed by atoms with van der Waals surface area (Å²) in [6.07, 6.45) is -4.61. The number of amides is 1. The topological polar surface area (TPSA) is 41.6 Å². The maximum Gasteiger partial charge on any atom is 0.406 e. The minimum absolute atomic E-state index is 0.0554. The van der Waals surface area contributed by atoms with Crippen LogP contribution in [0.25, 0.3) is 0 Å². The van der Waals surface area contributed by atoms with Crippen molar-refractivity contribution < 1.29 is 22.7 Å². The number of carbonyl (C=O) groups excluding carboxylic acids is 1. The number of rotatable bonds is 5. The van der Waals surface area contributed by atoms with Crippen molar-refractivity contribution in [1.82, 2.24) is 10.4 Å². The van der Waals surface area contributed by atoms with Crippen molar-refractivity contribution in [2.75, 3.05) is 13.2 Å². The van der Waals surface area contributed by atoms with Crippen LogP contribution in [-0.2, 0) is 11.2 Å². The zero-order valence-electron chi connectivity index (χ0n) is 11.6. The van der Waals surface area contributed by atoms with Gasteiger partial charge in [0.25, 0.3) is 0 Å². The second-order valence-corrected chi connectivity index (χ2v) is 4.78. The maximum atomic E-state index is 13.3. The highest BCUT2D eigenvalue weighted by Crippen LogP contribution is 2.30. The van der Waals surface area contributed by atoms with Crippen molar-refractivity contribution in [2.45, 2.75) is 32.0 Å². The monoisotopic (exact) mass is 302 g/mol. The van der Waals surface area contributed by atoms with Gasteiger partial charge in [-0.1, -0.05) is 18.2 Å². The third kappa shape index (κ3) is 3.87. The van der Waals surface area contributed by atoms with Crippen LogP contribution in [0.4, 0.5) is 13.2 Å². The van der Waals surface area contributed by atoms with Crippen LogP contribution in [0, 0.1) is 0 Å². The van der Waals surface area contributed by atoms with Gasteiger partial charge in [-0.05, 0) is 18.6 Å². The van der Waals surface area contributed by atoms with Crippen molar-refractivity contribution in [3.8, 4) is 5.75 Å². The van der Waals surface area contributed by atoms with E-state index in [1.54, 1.807) is 31.2 Å². The van der Waals surface area contributed by atoms with E-state index in [0.29, 0.717) is 17.9 Å². The average molecular weight is 302 g/mol. The first kappa shape index (κ1) is 15.6. The van der Waals surface area contributed by atoms with Gasteiger partial charge in [0, 0.05) is 19.4 Å². The number of benzene rings is 1. The number of hydrogen-bond acceptors (Lipinski definition) is 3. The van der Waals surface area contributed by atoms with Gasteiger partial charge >= 0.3 is 6.18 Å². The van der Waals surface area contributed by atoms with Gasteiger partial charge in [-0.3, -0.25) is 10.2 Å². The molecule has 1 amide bonds. The quantitative estimate of drug-likeness (QED) is 0.907. The predicted octanol–water partition coefficient (Wildman–Crippen LogP) is 2.30. The smallest absolute Gasteiger partial charge is 0.406 e. The van der Waals surface area contributed by atoms with E-state index >= 15 is 0 Å². The second kappa shape index (κ2) is 6.34. The number of carbonyl (C=O) groups is 1. The van der Waals surface area contributed by atoms with E-state index in [9.17, 15) is 18.0 Å². The highest BCUT2D eigenvalue weighted by atomic mass is 19.4. The van der Waals surface area contributed by atoms with Crippen LogP contribution in [0.5, 0.6) is 5.75 Å². The molecule has 7 heteroatoms. The number of hydrogen-bond donors (Lipinski definition) is 1. The Morgan fingerprint density at radius 1 is 1.38 bits per heavy atom. The first-order valence-corrected chi connectivity index (χ1v) is 6.75. The summed E-state index contributed by atoms with van der Waals surface area (Å²) in [6.45, 7) is 2.21. The normalized spacial score (nSPS) is 17.6. The van der Waals surface area contributed by atoms with Gasteiger partial charge in [0.2, 0.25) is 5.91 Å². The van der Waals surface area contributed by atoms with Gasteiger partial charge in [0.15, 0.2) is 0 Å². The Labute approximate surface area is 120 Å². The summed E-state index contributed by atoms with van der Waals surface area (Å²) >= 11 is 0. The molecule has 2 rings (SSSR count). The van der Waals surface area contributed by atoms with Gasteiger partial charge in [0.1, 0.15) is 11.8 Å². The molecule has 4 nitrogen and oxygen atoms in total. The van der Waals surface area contributed by atoms with Gasteiger partial charge in [-0.2, -0.15) is 13.2 Å². The van der Waals surface area contributed by atoms with Crippen LogP contribution in [0.1, 0.15) is 18.9 Å². The Hall–Kier alpha value is -1.76. The Morgan fingerprint density at radius 3 is 2.67 bits per heavy atom. The molecule has 21 heavy (non-hydrogen) atoms. The molecule has 1 aromatic carbocycles. The number of alkyl halides is 3. The molecule has 0 spiro atoms. The lowest BCUT2D eigenvalue weighted by molar-refractivity contribution is -0.188. The molecule has 1 aliphatic rings. The number of para-hydroxylation sites is 1. The summed E-state index contributed by atoms with van der Waals surface area (Å²) in [5.74, 6) is 0.0575. The van der Waals surface area contributed by atoms with Crippen LogP contribution < -0.4 is 10.2 Å². The minimum atomic E-state index is -4.43. The largest absolute Gasteiger partial charge is 0.494 e. The van der Waals surface area contributed by atoms with Crippen LogP contribution in [-0.4, -0.2) is 36.3 Å². The zero-order valence-corrected chi connectivity index (χ0v) is 11.6.